The number of nitrogens with one attached hydrogen (secondary N) is 1. The molecule has 5 aromatic rings. The van der Waals surface area contributed by atoms with Gasteiger partial charge >= 0.3 is 5.97 Å². The first-order chi connectivity index (χ1) is 21.0. The highest BCUT2D eigenvalue weighted by Crippen LogP contribution is 2.35. The Labute approximate surface area is 256 Å². The van der Waals surface area contributed by atoms with Crippen LogP contribution in [0.25, 0.3) is 21.9 Å². The maximum absolute atomic E-state index is 13.8. The number of nitrogens with zero attached hydrogens (tertiary/aromatic N) is 4. The smallest absolute Gasteiger partial charge is 0.338 e. The van der Waals surface area contributed by atoms with Crippen molar-refractivity contribution in [1.82, 2.24) is 14.6 Å². The van der Waals surface area contributed by atoms with Gasteiger partial charge in [-0.3, -0.25) is 19.3 Å². The van der Waals surface area contributed by atoms with E-state index in [1.807, 2.05) is 24.3 Å². The number of aromatic nitrogens is 3. The molecule has 10 nitrogen and oxygen atoms in total. The molecule has 1 aliphatic rings. The molecule has 11 heteroatoms. The van der Waals surface area contributed by atoms with E-state index in [2.05, 4.69) is 36.2 Å². The van der Waals surface area contributed by atoms with Gasteiger partial charge in [0.15, 0.2) is 5.82 Å². The number of amides is 2. The monoisotopic (exact) mass is 607 g/mol. The minimum atomic E-state index is -0.460. The molecule has 0 radical (unpaired) electrons. The van der Waals surface area contributed by atoms with Crippen molar-refractivity contribution in [3.05, 3.63) is 104 Å². The summed E-state index contributed by atoms with van der Waals surface area (Å²) in [7, 11) is 0. The second kappa shape index (κ2) is 11.2. The van der Waals surface area contributed by atoms with Gasteiger partial charge in [-0.1, -0.05) is 74.6 Å². The quantitative estimate of drug-likeness (QED) is 0.287. The van der Waals surface area contributed by atoms with Gasteiger partial charge in [-0.25, -0.2) is 4.79 Å². The first-order valence-electron chi connectivity index (χ1n) is 14.1. The summed E-state index contributed by atoms with van der Waals surface area (Å²) in [4.78, 5) is 58.6. The molecule has 0 bridgehead atoms. The van der Waals surface area contributed by atoms with Crippen molar-refractivity contribution in [2.24, 2.45) is 0 Å². The van der Waals surface area contributed by atoms with Crippen LogP contribution in [0.3, 0.4) is 0 Å². The number of thiazole rings is 1. The van der Waals surface area contributed by atoms with Crippen LogP contribution in [-0.4, -0.2) is 45.5 Å². The molecule has 2 amide bonds. The molecule has 3 heterocycles. The zero-order chi connectivity index (χ0) is 31.2. The summed E-state index contributed by atoms with van der Waals surface area (Å²) in [5, 5.41) is 7.22. The number of anilines is 2. The molecule has 0 saturated carbocycles. The largest absolute Gasteiger partial charge is 0.462 e. The highest BCUT2D eigenvalue weighted by Gasteiger charge is 2.35. The number of carbonyl (C=O) groups excluding carboxylic acids is 3. The van der Waals surface area contributed by atoms with Crippen molar-refractivity contribution >= 4 is 51.0 Å². The average Bonchev–Trinajstić information content (AvgIpc) is 3.63. The third-order valence-corrected chi connectivity index (χ3v) is 8.33. The van der Waals surface area contributed by atoms with Crippen LogP contribution in [0.15, 0.2) is 77.6 Å². The van der Waals surface area contributed by atoms with Crippen molar-refractivity contribution < 1.29 is 19.1 Å². The van der Waals surface area contributed by atoms with Gasteiger partial charge in [-0.15, -0.1) is 5.10 Å². The van der Waals surface area contributed by atoms with E-state index in [0.29, 0.717) is 33.3 Å². The fourth-order valence-corrected chi connectivity index (χ4v) is 6.03. The van der Waals surface area contributed by atoms with Crippen LogP contribution in [0.2, 0.25) is 0 Å². The van der Waals surface area contributed by atoms with Crippen LogP contribution in [0.5, 0.6) is 0 Å². The van der Waals surface area contributed by atoms with Crippen molar-refractivity contribution in [2.75, 3.05) is 23.4 Å². The Hall–Kier alpha value is -5.16. The van der Waals surface area contributed by atoms with Crippen molar-refractivity contribution in [2.45, 2.75) is 33.1 Å². The summed E-state index contributed by atoms with van der Waals surface area (Å²) in [5.74, 6) is -0.922. The number of esters is 1. The van der Waals surface area contributed by atoms with E-state index in [0.717, 1.165) is 16.9 Å². The van der Waals surface area contributed by atoms with Crippen LogP contribution < -0.4 is 20.3 Å². The molecule has 0 spiro atoms. The number of hydrogen-bond donors (Lipinski definition) is 1. The fourth-order valence-electron chi connectivity index (χ4n) is 5.03. The Balaban J connectivity index is 1.28. The minimum absolute atomic E-state index is 0.00444. The van der Waals surface area contributed by atoms with Crippen LogP contribution in [0, 0.1) is 0 Å². The lowest BCUT2D eigenvalue weighted by atomic mass is 9.87. The molecule has 222 valence electrons. The highest BCUT2D eigenvalue weighted by atomic mass is 32.1. The lowest BCUT2D eigenvalue weighted by molar-refractivity contribution is -0.118. The molecule has 0 aliphatic carbocycles. The lowest BCUT2D eigenvalue weighted by Crippen LogP contribution is -2.37. The van der Waals surface area contributed by atoms with Crippen LogP contribution in [-0.2, 0) is 19.7 Å². The fraction of sp³-hybridized carbons (Fsp3) is 0.212. The van der Waals surface area contributed by atoms with E-state index in [4.69, 9.17) is 4.74 Å². The highest BCUT2D eigenvalue weighted by molar-refractivity contribution is 7.15. The summed E-state index contributed by atoms with van der Waals surface area (Å²) in [6.45, 7) is 8.12. The zero-order valence-corrected chi connectivity index (χ0v) is 25.4. The standard InChI is InChI=1S/C33H29N5O5S/c1-5-43-31(42)20-12-16-22(17-13-20)34-25(39)18-37-24-9-7-6-8-23(24)26(29(37)40)27-30(41)38-32(44-27)35-28(36-38)19-10-14-21(15-11-19)33(2,3)4/h6-17H,5,18H2,1-4H3,(H,34,39)/b27-26-. The van der Waals surface area contributed by atoms with E-state index in [1.165, 1.54) is 15.0 Å². The van der Waals surface area contributed by atoms with Gasteiger partial charge in [-0.05, 0) is 48.2 Å². The van der Waals surface area contributed by atoms with Gasteiger partial charge in [0.1, 0.15) is 11.1 Å². The minimum Gasteiger partial charge on any atom is -0.462 e. The Morgan fingerprint density at radius 3 is 2.32 bits per heavy atom. The number of ether oxygens (including phenoxy) is 1. The molecule has 0 atom stereocenters. The Morgan fingerprint density at radius 1 is 0.955 bits per heavy atom. The maximum atomic E-state index is 13.8. The third kappa shape index (κ3) is 5.26. The maximum Gasteiger partial charge on any atom is 0.338 e. The van der Waals surface area contributed by atoms with E-state index < -0.39 is 23.3 Å². The van der Waals surface area contributed by atoms with Gasteiger partial charge < -0.3 is 10.1 Å². The average molecular weight is 608 g/mol. The summed E-state index contributed by atoms with van der Waals surface area (Å²) in [5.41, 5.74) is 3.65. The van der Waals surface area contributed by atoms with E-state index in [9.17, 15) is 19.2 Å². The lowest BCUT2D eigenvalue weighted by Gasteiger charge is -2.18. The van der Waals surface area contributed by atoms with Gasteiger partial charge in [0.05, 0.1) is 23.4 Å². The van der Waals surface area contributed by atoms with Gasteiger partial charge in [0, 0.05) is 16.8 Å². The second-order valence-corrected chi connectivity index (χ2v) is 12.3. The molecular formula is C33H29N5O5S. The van der Waals surface area contributed by atoms with E-state index in [-0.39, 0.29) is 28.7 Å². The van der Waals surface area contributed by atoms with E-state index in [1.54, 1.807) is 55.5 Å². The molecule has 44 heavy (non-hydrogen) atoms. The molecule has 0 fully saturated rings. The SMILES string of the molecule is CCOC(=O)c1ccc(NC(=O)CN2C(=O)/C(=c3\sc4nc(-c5ccc(C(C)(C)C)cc5)nn4c3=O)c3ccccc32)cc1. The number of carbonyl (C=O) groups is 3. The summed E-state index contributed by atoms with van der Waals surface area (Å²) >= 11 is 1.10. The molecule has 0 saturated heterocycles. The number of benzene rings is 3. The molecule has 1 aliphatic heterocycles. The Kier molecular flexibility index (Phi) is 7.34. The molecule has 0 unspecified atom stereocenters. The van der Waals surface area contributed by atoms with Crippen LogP contribution in [0.1, 0.15) is 49.2 Å². The van der Waals surface area contributed by atoms with Gasteiger partial charge in [0.25, 0.3) is 11.5 Å². The topological polar surface area (TPSA) is 123 Å². The predicted molar refractivity (Wildman–Crippen MR) is 169 cm³/mol. The van der Waals surface area contributed by atoms with Crippen LogP contribution in [0.4, 0.5) is 11.4 Å². The molecular weight excluding hydrogens is 578 g/mol. The van der Waals surface area contributed by atoms with Gasteiger partial charge in [0.2, 0.25) is 10.9 Å². The van der Waals surface area contributed by atoms with Crippen molar-refractivity contribution in [1.29, 1.82) is 0 Å². The number of hydrogen-bond acceptors (Lipinski definition) is 8. The van der Waals surface area contributed by atoms with Crippen LogP contribution >= 0.6 is 11.3 Å². The number of para-hydroxylation sites is 1. The van der Waals surface area contributed by atoms with Crippen molar-refractivity contribution in [3.63, 3.8) is 0 Å². The Bertz CT molecular complexity index is 2040. The molecule has 2 aromatic heterocycles. The second-order valence-electron chi connectivity index (χ2n) is 11.3. The zero-order valence-electron chi connectivity index (χ0n) is 24.6. The number of fused-ring (bicyclic) bond motifs is 2. The van der Waals surface area contributed by atoms with E-state index >= 15 is 0 Å². The molecule has 1 N–H and O–H groups in total. The summed E-state index contributed by atoms with van der Waals surface area (Å²) in [6, 6.07) is 21.3. The predicted octanol–water partition coefficient (Wildman–Crippen LogP) is 4.20. The summed E-state index contributed by atoms with van der Waals surface area (Å²) in [6.07, 6.45) is 0. The number of rotatable bonds is 6. The van der Waals surface area contributed by atoms with Gasteiger partial charge in [-0.2, -0.15) is 9.50 Å². The van der Waals surface area contributed by atoms with Crippen molar-refractivity contribution in [3.8, 4) is 11.4 Å². The molecule has 3 aromatic carbocycles. The third-order valence-electron chi connectivity index (χ3n) is 7.30. The molecule has 6 rings (SSSR count). The summed E-state index contributed by atoms with van der Waals surface area (Å²) < 4.78 is 6.43. The first-order valence-corrected chi connectivity index (χ1v) is 14.9. The Morgan fingerprint density at radius 2 is 1.66 bits per heavy atom. The normalized spacial score (nSPS) is 14.2. The first kappa shape index (κ1) is 28.9.